The van der Waals surface area contributed by atoms with Gasteiger partial charge in [-0.2, -0.15) is 0 Å². The summed E-state index contributed by atoms with van der Waals surface area (Å²) in [7, 11) is 0. The van der Waals surface area contributed by atoms with Crippen LogP contribution in [-0.2, 0) is 9.47 Å². The van der Waals surface area contributed by atoms with Gasteiger partial charge in [0.05, 0.1) is 0 Å². The summed E-state index contributed by atoms with van der Waals surface area (Å²) in [5.74, 6) is 1.63. The van der Waals surface area contributed by atoms with E-state index in [1.807, 2.05) is 0 Å². The minimum absolute atomic E-state index is 0. The van der Waals surface area contributed by atoms with Gasteiger partial charge in [-0.1, -0.05) is 12.8 Å². The zero-order chi connectivity index (χ0) is 19.0. The topological polar surface area (TPSA) is 58.1 Å². The molecule has 166 valence electrons. The summed E-state index contributed by atoms with van der Waals surface area (Å²) in [6.07, 6.45) is 10.00. The second-order valence-electron chi connectivity index (χ2n) is 7.78. The molecule has 2 fully saturated rings. The number of nitrogens with one attached hydrogen (secondary N) is 2. The average Bonchev–Trinajstić information content (AvgIpc) is 2.97. The van der Waals surface area contributed by atoms with Crippen molar-refractivity contribution in [2.45, 2.75) is 58.3 Å². The van der Waals surface area contributed by atoms with Crippen LogP contribution in [0, 0.1) is 5.92 Å². The lowest BCUT2D eigenvalue weighted by atomic mass is 10.0. The van der Waals surface area contributed by atoms with Gasteiger partial charge in [-0.15, -0.1) is 24.0 Å². The van der Waals surface area contributed by atoms with Crippen LogP contribution in [-0.4, -0.2) is 76.6 Å². The van der Waals surface area contributed by atoms with Crippen molar-refractivity contribution in [3.05, 3.63) is 0 Å². The first-order valence-electron chi connectivity index (χ1n) is 11.3. The Balaban J connectivity index is 0.00000392. The normalized spacial score (nSPS) is 19.7. The van der Waals surface area contributed by atoms with Crippen LogP contribution in [0.5, 0.6) is 0 Å². The summed E-state index contributed by atoms with van der Waals surface area (Å²) in [5, 5.41) is 6.82. The first-order valence-corrected chi connectivity index (χ1v) is 11.3. The molecule has 2 aliphatic heterocycles. The van der Waals surface area contributed by atoms with Crippen LogP contribution in [0.2, 0.25) is 0 Å². The maximum Gasteiger partial charge on any atom is 0.191 e. The largest absolute Gasteiger partial charge is 0.381 e. The van der Waals surface area contributed by atoms with Crippen LogP contribution >= 0.6 is 24.0 Å². The number of ether oxygens (including phenoxy) is 2. The van der Waals surface area contributed by atoms with Crippen molar-refractivity contribution in [1.29, 1.82) is 0 Å². The van der Waals surface area contributed by atoms with Gasteiger partial charge in [-0.25, -0.2) is 0 Å². The summed E-state index contributed by atoms with van der Waals surface area (Å²) < 4.78 is 11.2. The van der Waals surface area contributed by atoms with Gasteiger partial charge >= 0.3 is 0 Å². The number of hydrogen-bond acceptors (Lipinski definition) is 4. The third kappa shape index (κ3) is 12.4. The number of hydrogen-bond donors (Lipinski definition) is 2. The summed E-state index contributed by atoms with van der Waals surface area (Å²) in [5.41, 5.74) is 0. The fraction of sp³-hybridized carbons (Fsp3) is 0.952. The van der Waals surface area contributed by atoms with Gasteiger partial charge in [0.1, 0.15) is 0 Å². The quantitative estimate of drug-likeness (QED) is 0.194. The van der Waals surface area contributed by atoms with Gasteiger partial charge in [-0.05, 0) is 71.0 Å². The number of halogens is 1. The Morgan fingerprint density at radius 3 is 2.54 bits per heavy atom. The van der Waals surface area contributed by atoms with Crippen molar-refractivity contribution >= 4 is 29.9 Å². The van der Waals surface area contributed by atoms with E-state index >= 15 is 0 Å². The highest BCUT2D eigenvalue weighted by atomic mass is 127. The fourth-order valence-corrected chi connectivity index (χ4v) is 3.73. The van der Waals surface area contributed by atoms with Crippen molar-refractivity contribution in [2.75, 3.05) is 65.7 Å². The molecule has 0 aromatic heterocycles. The maximum atomic E-state index is 5.82. The Bertz CT molecular complexity index is 385. The molecule has 0 radical (unpaired) electrons. The highest BCUT2D eigenvalue weighted by molar-refractivity contribution is 14.0. The van der Waals surface area contributed by atoms with E-state index in [-0.39, 0.29) is 24.0 Å². The molecular formula is C21H43IN4O2. The number of aliphatic imine (C=N–C) groups is 1. The van der Waals surface area contributed by atoms with Crippen LogP contribution in [0.1, 0.15) is 58.3 Å². The Morgan fingerprint density at radius 2 is 1.82 bits per heavy atom. The average molecular weight is 511 g/mol. The molecule has 2 saturated heterocycles. The van der Waals surface area contributed by atoms with Gasteiger partial charge in [0.25, 0.3) is 0 Å². The van der Waals surface area contributed by atoms with Crippen molar-refractivity contribution < 1.29 is 9.47 Å². The lowest BCUT2D eigenvalue weighted by Gasteiger charge is -2.21. The Kier molecular flexibility index (Phi) is 16.4. The van der Waals surface area contributed by atoms with Crippen molar-refractivity contribution in [3.8, 4) is 0 Å². The van der Waals surface area contributed by atoms with Gasteiger partial charge in [0.15, 0.2) is 5.96 Å². The van der Waals surface area contributed by atoms with Crippen LogP contribution in [0.25, 0.3) is 0 Å². The molecule has 0 bridgehead atoms. The standard InChI is InChI=1S/C21H42N4O2.HI/c1-2-22-21(23-11-7-15-25-13-5-3-4-6-14-25)24-12-8-16-27-19-20-9-17-26-18-10-20;/h20H,2-19H2,1H3,(H2,22,23,24);1H. The van der Waals surface area contributed by atoms with Gasteiger partial charge < -0.3 is 25.0 Å². The molecule has 0 aromatic rings. The Morgan fingerprint density at radius 1 is 1.07 bits per heavy atom. The Labute approximate surface area is 189 Å². The highest BCUT2D eigenvalue weighted by Gasteiger charge is 2.13. The lowest BCUT2D eigenvalue weighted by Crippen LogP contribution is -2.39. The Hall–Kier alpha value is -0.120. The van der Waals surface area contributed by atoms with E-state index in [2.05, 4.69) is 27.4 Å². The van der Waals surface area contributed by atoms with E-state index in [1.54, 1.807) is 0 Å². The van der Waals surface area contributed by atoms with E-state index in [1.165, 1.54) is 51.7 Å². The molecule has 0 unspecified atom stereocenters. The zero-order valence-corrected chi connectivity index (χ0v) is 20.3. The number of guanidine groups is 1. The van der Waals surface area contributed by atoms with E-state index in [0.717, 1.165) is 71.3 Å². The second-order valence-corrected chi connectivity index (χ2v) is 7.78. The number of rotatable bonds is 11. The zero-order valence-electron chi connectivity index (χ0n) is 17.9. The minimum Gasteiger partial charge on any atom is -0.381 e. The van der Waals surface area contributed by atoms with Gasteiger partial charge in [0.2, 0.25) is 0 Å². The molecule has 0 atom stereocenters. The van der Waals surface area contributed by atoms with Crippen LogP contribution in [0.15, 0.2) is 4.99 Å². The molecule has 2 heterocycles. The molecule has 7 heteroatoms. The number of likely N-dealkylation sites (tertiary alicyclic amines) is 1. The molecule has 28 heavy (non-hydrogen) atoms. The molecule has 0 aliphatic carbocycles. The lowest BCUT2D eigenvalue weighted by molar-refractivity contribution is 0.0205. The van der Waals surface area contributed by atoms with Crippen molar-refractivity contribution in [1.82, 2.24) is 15.5 Å². The monoisotopic (exact) mass is 510 g/mol. The first-order chi connectivity index (χ1) is 13.4. The van der Waals surface area contributed by atoms with Crippen LogP contribution < -0.4 is 10.6 Å². The van der Waals surface area contributed by atoms with Crippen LogP contribution in [0.4, 0.5) is 0 Å². The van der Waals surface area contributed by atoms with Gasteiger partial charge in [-0.3, -0.25) is 4.99 Å². The fourth-order valence-electron chi connectivity index (χ4n) is 3.73. The smallest absolute Gasteiger partial charge is 0.191 e. The molecule has 2 N–H and O–H groups in total. The molecule has 6 nitrogen and oxygen atoms in total. The van der Waals surface area contributed by atoms with Crippen LogP contribution in [0.3, 0.4) is 0 Å². The van der Waals surface area contributed by atoms with E-state index in [0.29, 0.717) is 5.92 Å². The molecule has 0 aromatic carbocycles. The van der Waals surface area contributed by atoms with E-state index < -0.39 is 0 Å². The molecule has 0 saturated carbocycles. The van der Waals surface area contributed by atoms with Gasteiger partial charge in [0, 0.05) is 46.1 Å². The minimum atomic E-state index is 0. The molecule has 0 amide bonds. The number of nitrogens with zero attached hydrogens (tertiary/aromatic N) is 2. The van der Waals surface area contributed by atoms with Crippen molar-refractivity contribution in [2.24, 2.45) is 10.9 Å². The third-order valence-corrected chi connectivity index (χ3v) is 5.40. The predicted molar refractivity (Wildman–Crippen MR) is 128 cm³/mol. The molecule has 0 spiro atoms. The van der Waals surface area contributed by atoms with E-state index in [9.17, 15) is 0 Å². The van der Waals surface area contributed by atoms with Crippen molar-refractivity contribution in [3.63, 3.8) is 0 Å². The maximum absolute atomic E-state index is 5.82. The summed E-state index contributed by atoms with van der Waals surface area (Å²) in [6.45, 7) is 12.1. The summed E-state index contributed by atoms with van der Waals surface area (Å²) in [4.78, 5) is 7.30. The summed E-state index contributed by atoms with van der Waals surface area (Å²) in [6, 6.07) is 0. The molecule has 2 aliphatic rings. The second kappa shape index (κ2) is 17.7. The molecule has 2 rings (SSSR count). The highest BCUT2D eigenvalue weighted by Crippen LogP contribution is 2.14. The molecular weight excluding hydrogens is 467 g/mol. The first kappa shape index (κ1) is 25.9. The summed E-state index contributed by atoms with van der Waals surface area (Å²) >= 11 is 0. The predicted octanol–water partition coefficient (Wildman–Crippen LogP) is 3.26. The third-order valence-electron chi connectivity index (χ3n) is 5.40. The van der Waals surface area contributed by atoms with E-state index in [4.69, 9.17) is 9.47 Å². The SMILES string of the molecule is CCNC(=NCCCOCC1CCOCC1)NCCCN1CCCCCC1.I.